The van der Waals surface area contributed by atoms with E-state index in [1.165, 1.54) is 6.07 Å². The zero-order chi connectivity index (χ0) is 16.1. The monoisotopic (exact) mass is 307 g/mol. The van der Waals surface area contributed by atoms with Gasteiger partial charge >= 0.3 is 0 Å². The van der Waals surface area contributed by atoms with Crippen LogP contribution >= 0.6 is 0 Å². The van der Waals surface area contributed by atoms with Crippen molar-refractivity contribution in [2.24, 2.45) is 7.05 Å². The van der Waals surface area contributed by atoms with Gasteiger partial charge in [-0.05, 0) is 43.2 Å². The van der Waals surface area contributed by atoms with Crippen LogP contribution in [0.3, 0.4) is 0 Å². The summed E-state index contributed by atoms with van der Waals surface area (Å²) in [6.45, 7) is 4.11. The van der Waals surface area contributed by atoms with Gasteiger partial charge < -0.3 is 4.42 Å². The van der Waals surface area contributed by atoms with Gasteiger partial charge in [0.05, 0.1) is 5.56 Å². The highest BCUT2D eigenvalue weighted by atomic mass is 19.1. The highest BCUT2D eigenvalue weighted by Crippen LogP contribution is 2.38. The normalized spacial score (nSPS) is 11.5. The van der Waals surface area contributed by atoms with Gasteiger partial charge in [0.15, 0.2) is 11.8 Å². The number of nitrogens with zero attached hydrogens (tertiary/aromatic N) is 2. The Morgan fingerprint density at radius 2 is 1.91 bits per heavy atom. The molecule has 0 radical (unpaired) electrons. The molecule has 23 heavy (non-hydrogen) atoms. The van der Waals surface area contributed by atoms with Crippen LogP contribution in [-0.4, -0.2) is 4.98 Å². The number of furan rings is 1. The van der Waals surface area contributed by atoms with Crippen LogP contribution in [0.25, 0.3) is 33.3 Å². The molecule has 114 valence electrons. The van der Waals surface area contributed by atoms with E-state index in [0.717, 1.165) is 38.7 Å². The molecule has 4 aromatic rings. The first-order valence-electron chi connectivity index (χ1n) is 7.50. The highest BCUT2D eigenvalue weighted by molar-refractivity contribution is 6.10. The molecule has 4 rings (SSSR count). The number of benzene rings is 1. The number of halogens is 1. The molecule has 0 aliphatic rings. The summed E-state index contributed by atoms with van der Waals surface area (Å²) in [5.41, 5.74) is 5.40. The zero-order valence-corrected chi connectivity index (χ0v) is 13.2. The van der Waals surface area contributed by atoms with Gasteiger partial charge in [0.2, 0.25) is 17.4 Å². The van der Waals surface area contributed by atoms with Gasteiger partial charge in [0, 0.05) is 22.9 Å². The molecule has 0 N–H and O–H groups in total. The van der Waals surface area contributed by atoms with Crippen LogP contribution in [-0.2, 0) is 7.05 Å². The Bertz CT molecular complexity index is 1070. The summed E-state index contributed by atoms with van der Waals surface area (Å²) < 4.78 is 21.5. The van der Waals surface area contributed by atoms with E-state index in [0.29, 0.717) is 5.71 Å². The smallest absolute Gasteiger partial charge is 0.229 e. The number of hydrogen-bond acceptors (Lipinski definition) is 2. The molecule has 0 spiro atoms. The van der Waals surface area contributed by atoms with Crippen LogP contribution in [0.4, 0.5) is 4.39 Å². The third-order valence-electron chi connectivity index (χ3n) is 4.28. The van der Waals surface area contributed by atoms with Crippen LogP contribution in [0.1, 0.15) is 11.1 Å². The summed E-state index contributed by atoms with van der Waals surface area (Å²) in [5.74, 6) is -0.530. The van der Waals surface area contributed by atoms with E-state index in [4.69, 9.17) is 4.42 Å². The Hall–Kier alpha value is -2.75. The average Bonchev–Trinajstić information content (AvgIpc) is 2.87. The first-order valence-corrected chi connectivity index (χ1v) is 7.50. The van der Waals surface area contributed by atoms with Crippen LogP contribution in [0.15, 0.2) is 47.0 Å². The van der Waals surface area contributed by atoms with Gasteiger partial charge in [-0.2, -0.15) is 9.37 Å². The predicted octanol–water partition coefficient (Wildman–Crippen LogP) is 4.23. The summed E-state index contributed by atoms with van der Waals surface area (Å²) >= 11 is 0. The molecule has 3 nitrogen and oxygen atoms in total. The van der Waals surface area contributed by atoms with Crippen molar-refractivity contribution in [3.63, 3.8) is 0 Å². The van der Waals surface area contributed by atoms with Crippen LogP contribution in [0.5, 0.6) is 0 Å². The number of pyridine rings is 2. The van der Waals surface area contributed by atoms with E-state index in [1.54, 1.807) is 6.07 Å². The molecule has 0 aliphatic heterocycles. The van der Waals surface area contributed by atoms with Crippen molar-refractivity contribution in [3.05, 3.63) is 59.7 Å². The molecule has 0 aliphatic carbocycles. The summed E-state index contributed by atoms with van der Waals surface area (Å²) in [6.07, 6.45) is 2.00. The second-order valence-corrected chi connectivity index (χ2v) is 5.88. The van der Waals surface area contributed by atoms with Crippen molar-refractivity contribution in [1.29, 1.82) is 0 Å². The van der Waals surface area contributed by atoms with Crippen LogP contribution in [0.2, 0.25) is 0 Å². The van der Waals surface area contributed by atoms with E-state index in [-0.39, 0.29) is 0 Å². The first kappa shape index (κ1) is 13.9. The number of hydrogen-bond donors (Lipinski definition) is 0. The highest BCUT2D eigenvalue weighted by Gasteiger charge is 2.22. The molecule has 1 aromatic carbocycles. The van der Waals surface area contributed by atoms with Crippen molar-refractivity contribution < 1.29 is 13.4 Å². The molecule has 3 heterocycles. The lowest BCUT2D eigenvalue weighted by molar-refractivity contribution is -0.660. The number of rotatable bonds is 1. The lowest BCUT2D eigenvalue weighted by atomic mass is 9.97. The Morgan fingerprint density at radius 3 is 2.70 bits per heavy atom. The number of aryl methyl sites for hydroxylation is 3. The minimum absolute atomic E-state index is 0.341. The molecule has 4 heteroatoms. The van der Waals surface area contributed by atoms with Gasteiger partial charge in [0.25, 0.3) is 0 Å². The third-order valence-corrected chi connectivity index (χ3v) is 4.28. The standard InChI is InChI=1S/C19H16FN2O/c1-11-10-12(2)17(14-6-4-5-9-22(14)3)18-16(11)13-7-8-15(20)21-19(13)23-18/h4-10H,1-3H3/q+1. The summed E-state index contributed by atoms with van der Waals surface area (Å²) in [7, 11) is 2.00. The van der Waals surface area contributed by atoms with Crippen molar-refractivity contribution in [2.45, 2.75) is 13.8 Å². The maximum atomic E-state index is 13.5. The second-order valence-electron chi connectivity index (χ2n) is 5.88. The summed E-state index contributed by atoms with van der Waals surface area (Å²) in [6, 6.07) is 11.3. The lowest BCUT2D eigenvalue weighted by Gasteiger charge is -2.07. The number of aromatic nitrogens is 2. The molecule has 0 bridgehead atoms. The van der Waals surface area contributed by atoms with Gasteiger partial charge in [-0.3, -0.25) is 0 Å². The van der Waals surface area contributed by atoms with Gasteiger partial charge in [-0.15, -0.1) is 0 Å². The quantitative estimate of drug-likeness (QED) is 0.389. The lowest BCUT2D eigenvalue weighted by Crippen LogP contribution is -2.30. The summed E-state index contributed by atoms with van der Waals surface area (Å²) in [4.78, 5) is 3.90. The molecule has 0 fully saturated rings. The first-order chi connectivity index (χ1) is 11.1. The molecular weight excluding hydrogens is 291 g/mol. The zero-order valence-electron chi connectivity index (χ0n) is 13.2. The minimum Gasteiger partial charge on any atom is -0.437 e. The van der Waals surface area contributed by atoms with Crippen molar-refractivity contribution in [3.8, 4) is 11.3 Å². The van der Waals surface area contributed by atoms with Crippen molar-refractivity contribution in [1.82, 2.24) is 4.98 Å². The SMILES string of the molecule is Cc1cc(C)c2c(oc3nc(F)ccc32)c1-c1cccc[n+]1C. The number of fused-ring (bicyclic) bond motifs is 3. The fourth-order valence-electron chi connectivity index (χ4n) is 3.27. The van der Waals surface area contributed by atoms with E-state index < -0.39 is 5.95 Å². The Labute approximate surface area is 133 Å². The molecule has 0 unspecified atom stereocenters. The van der Waals surface area contributed by atoms with Gasteiger partial charge in [-0.25, -0.2) is 4.57 Å². The topological polar surface area (TPSA) is 29.9 Å². The molecular formula is C19H16FN2O+. The molecule has 0 saturated carbocycles. The fraction of sp³-hybridized carbons (Fsp3) is 0.158. The van der Waals surface area contributed by atoms with E-state index in [1.807, 2.05) is 32.3 Å². The van der Waals surface area contributed by atoms with Crippen molar-refractivity contribution in [2.75, 3.05) is 0 Å². The molecule has 0 saturated heterocycles. The van der Waals surface area contributed by atoms with Gasteiger partial charge in [-0.1, -0.05) is 6.07 Å². The Morgan fingerprint density at radius 1 is 1.09 bits per heavy atom. The predicted molar refractivity (Wildman–Crippen MR) is 87.6 cm³/mol. The molecule has 0 amide bonds. The van der Waals surface area contributed by atoms with E-state index in [2.05, 4.69) is 28.6 Å². The Balaban J connectivity index is 2.20. The maximum Gasteiger partial charge on any atom is 0.229 e. The van der Waals surface area contributed by atoms with Crippen LogP contribution in [0, 0.1) is 19.8 Å². The summed E-state index contributed by atoms with van der Waals surface area (Å²) in [5, 5.41) is 1.84. The van der Waals surface area contributed by atoms with Gasteiger partial charge in [0.1, 0.15) is 7.05 Å². The Kier molecular flexibility index (Phi) is 2.94. The average molecular weight is 307 g/mol. The minimum atomic E-state index is -0.530. The second kappa shape index (κ2) is 4.88. The van der Waals surface area contributed by atoms with Crippen molar-refractivity contribution >= 4 is 22.1 Å². The molecule has 3 aromatic heterocycles. The third kappa shape index (κ3) is 2.02. The van der Waals surface area contributed by atoms with E-state index >= 15 is 0 Å². The van der Waals surface area contributed by atoms with Crippen LogP contribution < -0.4 is 4.57 Å². The maximum absolute atomic E-state index is 13.5. The van der Waals surface area contributed by atoms with E-state index in [9.17, 15) is 4.39 Å². The molecule has 0 atom stereocenters. The fourth-order valence-corrected chi connectivity index (χ4v) is 3.27. The largest absolute Gasteiger partial charge is 0.437 e.